The predicted octanol–water partition coefficient (Wildman–Crippen LogP) is 1.50. The van der Waals surface area contributed by atoms with E-state index in [0.717, 1.165) is 32.8 Å². The summed E-state index contributed by atoms with van der Waals surface area (Å²) < 4.78 is 5.73. The summed E-state index contributed by atoms with van der Waals surface area (Å²) in [5.74, 6) is 0.631. The molecule has 2 aliphatic heterocycles. The van der Waals surface area contributed by atoms with Crippen LogP contribution in [0.4, 0.5) is 5.69 Å². The van der Waals surface area contributed by atoms with Gasteiger partial charge in [-0.15, -0.1) is 0 Å². The van der Waals surface area contributed by atoms with E-state index in [0.29, 0.717) is 12.0 Å². The summed E-state index contributed by atoms with van der Waals surface area (Å²) in [7, 11) is 0. The van der Waals surface area contributed by atoms with Crippen molar-refractivity contribution in [2.75, 3.05) is 37.7 Å². The Balaban J connectivity index is 1.85. The highest BCUT2D eigenvalue weighted by Gasteiger charge is 2.32. The first-order valence-electron chi connectivity index (χ1n) is 6.55. The van der Waals surface area contributed by atoms with Gasteiger partial charge in [-0.25, -0.2) is 0 Å². The summed E-state index contributed by atoms with van der Waals surface area (Å²) in [5, 5.41) is 3.48. The Morgan fingerprint density at radius 3 is 3.00 bits per heavy atom. The monoisotopic (exact) mass is 232 g/mol. The summed E-state index contributed by atoms with van der Waals surface area (Å²) in [4.78, 5) is 2.54. The van der Waals surface area contributed by atoms with E-state index in [4.69, 9.17) is 4.74 Å². The van der Waals surface area contributed by atoms with Gasteiger partial charge in [0.15, 0.2) is 0 Å². The van der Waals surface area contributed by atoms with E-state index in [1.807, 2.05) is 0 Å². The molecule has 0 amide bonds. The fourth-order valence-electron chi connectivity index (χ4n) is 2.99. The minimum atomic E-state index is 0.631. The SMILES string of the molecule is c1ccc(N2CCOC[C@H]3CNCC[C@@H]32)cc1. The van der Waals surface area contributed by atoms with E-state index in [9.17, 15) is 0 Å². The van der Waals surface area contributed by atoms with Gasteiger partial charge >= 0.3 is 0 Å². The van der Waals surface area contributed by atoms with Gasteiger partial charge in [0.2, 0.25) is 0 Å². The summed E-state index contributed by atoms with van der Waals surface area (Å²) >= 11 is 0. The predicted molar refractivity (Wildman–Crippen MR) is 69.4 cm³/mol. The molecule has 3 heteroatoms. The van der Waals surface area contributed by atoms with Crippen molar-refractivity contribution in [3.05, 3.63) is 30.3 Å². The Kier molecular flexibility index (Phi) is 3.29. The molecule has 2 fully saturated rings. The second-order valence-corrected chi connectivity index (χ2v) is 4.92. The van der Waals surface area contributed by atoms with E-state index in [2.05, 4.69) is 40.5 Å². The van der Waals surface area contributed by atoms with Crippen LogP contribution in [0.1, 0.15) is 6.42 Å². The van der Waals surface area contributed by atoms with Crippen molar-refractivity contribution in [1.29, 1.82) is 0 Å². The molecule has 92 valence electrons. The first kappa shape index (κ1) is 11.1. The molecule has 0 radical (unpaired) electrons. The van der Waals surface area contributed by atoms with Crippen LogP contribution in [0.3, 0.4) is 0 Å². The van der Waals surface area contributed by atoms with Crippen LogP contribution < -0.4 is 10.2 Å². The number of anilines is 1. The van der Waals surface area contributed by atoms with Crippen molar-refractivity contribution in [2.24, 2.45) is 5.92 Å². The third-order valence-corrected chi connectivity index (χ3v) is 3.86. The van der Waals surface area contributed by atoms with Crippen LogP contribution in [0.2, 0.25) is 0 Å². The van der Waals surface area contributed by atoms with E-state index in [1.54, 1.807) is 0 Å². The molecule has 0 aliphatic carbocycles. The van der Waals surface area contributed by atoms with Gasteiger partial charge in [-0.3, -0.25) is 0 Å². The first-order valence-corrected chi connectivity index (χ1v) is 6.55. The van der Waals surface area contributed by atoms with Gasteiger partial charge in [0.1, 0.15) is 0 Å². The van der Waals surface area contributed by atoms with E-state index < -0.39 is 0 Å². The Labute approximate surface area is 103 Å². The van der Waals surface area contributed by atoms with Crippen LogP contribution in [0.25, 0.3) is 0 Å². The molecule has 1 aromatic rings. The highest BCUT2D eigenvalue weighted by atomic mass is 16.5. The first-order chi connectivity index (χ1) is 8.45. The van der Waals surface area contributed by atoms with E-state index in [1.165, 1.54) is 12.1 Å². The molecule has 2 aliphatic rings. The van der Waals surface area contributed by atoms with E-state index in [-0.39, 0.29) is 0 Å². The maximum Gasteiger partial charge on any atom is 0.0641 e. The number of fused-ring (bicyclic) bond motifs is 1. The van der Waals surface area contributed by atoms with Gasteiger partial charge in [0, 0.05) is 30.7 Å². The van der Waals surface area contributed by atoms with Gasteiger partial charge in [-0.2, -0.15) is 0 Å². The lowest BCUT2D eigenvalue weighted by molar-refractivity contribution is 0.109. The summed E-state index contributed by atoms with van der Waals surface area (Å²) in [5.41, 5.74) is 1.34. The van der Waals surface area contributed by atoms with Gasteiger partial charge in [-0.05, 0) is 25.1 Å². The zero-order valence-electron chi connectivity index (χ0n) is 10.1. The molecular weight excluding hydrogens is 212 g/mol. The molecule has 1 aromatic carbocycles. The molecule has 3 rings (SSSR count). The average Bonchev–Trinajstić information content (AvgIpc) is 2.62. The lowest BCUT2D eigenvalue weighted by Gasteiger charge is -2.39. The smallest absolute Gasteiger partial charge is 0.0641 e. The zero-order chi connectivity index (χ0) is 11.5. The van der Waals surface area contributed by atoms with Gasteiger partial charge in [-0.1, -0.05) is 18.2 Å². The Morgan fingerprint density at radius 1 is 1.24 bits per heavy atom. The average molecular weight is 232 g/mol. The topological polar surface area (TPSA) is 24.5 Å². The van der Waals surface area contributed by atoms with Gasteiger partial charge in [0.05, 0.1) is 13.2 Å². The lowest BCUT2D eigenvalue weighted by atomic mass is 9.92. The minimum absolute atomic E-state index is 0.631. The maximum atomic E-state index is 5.73. The van der Waals surface area contributed by atoms with E-state index >= 15 is 0 Å². The normalized spacial score (nSPS) is 29.5. The Hall–Kier alpha value is -1.06. The molecule has 2 saturated heterocycles. The second kappa shape index (κ2) is 5.07. The largest absolute Gasteiger partial charge is 0.379 e. The number of benzene rings is 1. The van der Waals surface area contributed by atoms with Crippen molar-refractivity contribution in [1.82, 2.24) is 5.32 Å². The fraction of sp³-hybridized carbons (Fsp3) is 0.571. The molecule has 2 heterocycles. The molecule has 1 N–H and O–H groups in total. The number of rotatable bonds is 1. The third kappa shape index (κ3) is 2.31. The molecule has 2 atom stereocenters. The van der Waals surface area contributed by atoms with Crippen LogP contribution in [0.15, 0.2) is 30.3 Å². The number of hydrogen-bond donors (Lipinski definition) is 1. The molecule has 0 spiro atoms. The number of para-hydroxylation sites is 1. The second-order valence-electron chi connectivity index (χ2n) is 4.92. The number of ether oxygens (including phenoxy) is 1. The lowest BCUT2D eigenvalue weighted by Crippen LogP contribution is -2.50. The fourth-order valence-corrected chi connectivity index (χ4v) is 2.99. The highest BCUT2D eigenvalue weighted by Crippen LogP contribution is 2.26. The highest BCUT2D eigenvalue weighted by molar-refractivity contribution is 5.47. The molecule has 17 heavy (non-hydrogen) atoms. The number of piperidine rings is 1. The van der Waals surface area contributed by atoms with Crippen LogP contribution in [0, 0.1) is 5.92 Å². The van der Waals surface area contributed by atoms with Crippen LogP contribution in [-0.2, 0) is 4.74 Å². The van der Waals surface area contributed by atoms with Crippen molar-refractivity contribution in [2.45, 2.75) is 12.5 Å². The number of nitrogens with zero attached hydrogens (tertiary/aromatic N) is 1. The molecule has 3 nitrogen and oxygen atoms in total. The standard InChI is InChI=1S/C14H20N2O/c1-2-4-13(5-3-1)16-8-9-17-11-12-10-15-7-6-14(12)16/h1-5,12,14-15H,6-11H2/t12-,14+/m1/s1. The number of hydrogen-bond acceptors (Lipinski definition) is 3. The number of nitrogens with one attached hydrogen (secondary N) is 1. The van der Waals surface area contributed by atoms with Crippen LogP contribution in [-0.4, -0.2) is 38.9 Å². The Bertz CT molecular complexity index is 354. The molecule has 0 bridgehead atoms. The molecular formula is C14H20N2O. The zero-order valence-corrected chi connectivity index (χ0v) is 10.1. The molecule has 0 saturated carbocycles. The minimum Gasteiger partial charge on any atom is -0.379 e. The summed E-state index contributed by atoms with van der Waals surface area (Å²) in [6.07, 6.45) is 1.23. The van der Waals surface area contributed by atoms with Crippen LogP contribution in [0.5, 0.6) is 0 Å². The third-order valence-electron chi connectivity index (χ3n) is 3.86. The summed E-state index contributed by atoms with van der Waals surface area (Å²) in [6, 6.07) is 11.4. The van der Waals surface area contributed by atoms with Crippen LogP contribution >= 0.6 is 0 Å². The van der Waals surface area contributed by atoms with Crippen molar-refractivity contribution in [3.8, 4) is 0 Å². The van der Waals surface area contributed by atoms with Gasteiger partial charge in [0.25, 0.3) is 0 Å². The van der Waals surface area contributed by atoms with Crippen molar-refractivity contribution in [3.63, 3.8) is 0 Å². The molecule has 0 unspecified atom stereocenters. The molecule has 0 aromatic heterocycles. The van der Waals surface area contributed by atoms with Crippen molar-refractivity contribution >= 4 is 5.69 Å². The Morgan fingerprint density at radius 2 is 2.12 bits per heavy atom. The summed E-state index contributed by atoms with van der Waals surface area (Å²) in [6.45, 7) is 4.99. The quantitative estimate of drug-likeness (QED) is 0.794. The van der Waals surface area contributed by atoms with Crippen molar-refractivity contribution < 1.29 is 4.74 Å². The van der Waals surface area contributed by atoms with Gasteiger partial charge < -0.3 is 15.0 Å². The maximum absolute atomic E-state index is 5.73.